The topological polar surface area (TPSA) is 96.0 Å². The van der Waals surface area contributed by atoms with E-state index in [1.54, 1.807) is 25.1 Å². The van der Waals surface area contributed by atoms with Crippen molar-refractivity contribution in [3.05, 3.63) is 53.5 Å². The van der Waals surface area contributed by atoms with Gasteiger partial charge in [-0.2, -0.15) is 5.26 Å². The van der Waals surface area contributed by atoms with E-state index in [-0.39, 0.29) is 27.5 Å². The average molecular weight is 327 g/mol. The van der Waals surface area contributed by atoms with Gasteiger partial charge in [0.2, 0.25) is 0 Å². The number of aromatic nitrogens is 2. The lowest BCUT2D eigenvalue weighted by Gasteiger charge is -2.09. The number of nitrogens with zero attached hydrogens (tertiary/aromatic N) is 3. The fourth-order valence-electron chi connectivity index (χ4n) is 2.63. The van der Waals surface area contributed by atoms with E-state index in [0.29, 0.717) is 11.1 Å². The molecule has 0 aliphatic heterocycles. The van der Waals surface area contributed by atoms with Gasteiger partial charge in [-0.1, -0.05) is 18.2 Å². The van der Waals surface area contributed by atoms with Gasteiger partial charge in [0.25, 0.3) is 10.0 Å². The van der Waals surface area contributed by atoms with Crippen LogP contribution in [0.25, 0.3) is 10.9 Å². The van der Waals surface area contributed by atoms with Crippen LogP contribution in [0.5, 0.6) is 5.75 Å². The Morgan fingerprint density at radius 2 is 1.87 bits per heavy atom. The molecule has 116 valence electrons. The van der Waals surface area contributed by atoms with E-state index < -0.39 is 10.0 Å². The first-order chi connectivity index (χ1) is 10.9. The number of aromatic hydroxyl groups is 1. The summed E-state index contributed by atoms with van der Waals surface area (Å²) in [6, 6.07) is 11.2. The predicted octanol–water partition coefficient (Wildman–Crippen LogP) is 2.47. The van der Waals surface area contributed by atoms with Crippen LogP contribution < -0.4 is 0 Å². The highest BCUT2D eigenvalue weighted by Crippen LogP contribution is 2.36. The molecule has 0 aliphatic carbocycles. The molecule has 23 heavy (non-hydrogen) atoms. The van der Waals surface area contributed by atoms with Crippen LogP contribution in [-0.4, -0.2) is 22.5 Å². The first kappa shape index (κ1) is 15.1. The van der Waals surface area contributed by atoms with E-state index in [1.165, 1.54) is 25.1 Å². The molecule has 3 rings (SSSR count). The van der Waals surface area contributed by atoms with Crippen LogP contribution in [0.3, 0.4) is 0 Å². The van der Waals surface area contributed by atoms with Crippen molar-refractivity contribution in [2.45, 2.75) is 18.7 Å². The number of aryl methyl sites for hydroxylation is 1. The summed E-state index contributed by atoms with van der Waals surface area (Å²) in [5.74, 6) is -0.144. The van der Waals surface area contributed by atoms with E-state index in [9.17, 15) is 13.5 Å². The molecule has 2 aromatic heterocycles. The van der Waals surface area contributed by atoms with Crippen molar-refractivity contribution in [2.24, 2.45) is 0 Å². The Balaban J connectivity index is 2.46. The number of hydrogen-bond donors (Lipinski definition) is 1. The molecule has 7 heteroatoms. The largest absolute Gasteiger partial charge is 0.505 e. The number of nitriles is 1. The summed E-state index contributed by atoms with van der Waals surface area (Å²) < 4.78 is 26.9. The Morgan fingerprint density at radius 3 is 2.48 bits per heavy atom. The molecule has 0 amide bonds. The van der Waals surface area contributed by atoms with Crippen molar-refractivity contribution in [1.29, 1.82) is 5.26 Å². The first-order valence-corrected chi connectivity index (χ1v) is 8.24. The second-order valence-corrected chi connectivity index (χ2v) is 6.90. The molecule has 0 atom stereocenters. The van der Waals surface area contributed by atoms with Crippen LogP contribution in [0.15, 0.2) is 41.3 Å². The lowest BCUT2D eigenvalue weighted by molar-refractivity contribution is 0.475. The molecule has 0 radical (unpaired) electrons. The quantitative estimate of drug-likeness (QED) is 0.780. The third-order valence-corrected chi connectivity index (χ3v) is 5.50. The fourth-order valence-corrected chi connectivity index (χ4v) is 4.19. The predicted molar refractivity (Wildman–Crippen MR) is 84.6 cm³/mol. The highest BCUT2D eigenvalue weighted by Gasteiger charge is 2.26. The molecule has 1 N–H and O–H groups in total. The van der Waals surface area contributed by atoms with Gasteiger partial charge in [-0.05, 0) is 26.0 Å². The van der Waals surface area contributed by atoms with E-state index in [2.05, 4.69) is 4.98 Å². The van der Waals surface area contributed by atoms with Crippen LogP contribution in [0, 0.1) is 25.2 Å². The van der Waals surface area contributed by atoms with E-state index in [4.69, 9.17) is 5.26 Å². The van der Waals surface area contributed by atoms with Crippen LogP contribution in [0.1, 0.15) is 17.1 Å². The molecule has 0 spiro atoms. The third kappa shape index (κ3) is 2.15. The average Bonchev–Trinajstić information content (AvgIpc) is 2.80. The molecular weight excluding hydrogens is 314 g/mol. The second-order valence-electron chi connectivity index (χ2n) is 5.12. The summed E-state index contributed by atoms with van der Waals surface area (Å²) in [5, 5.41) is 19.7. The lowest BCUT2D eigenvalue weighted by atomic mass is 10.2. The third-order valence-electron chi connectivity index (χ3n) is 3.68. The summed E-state index contributed by atoms with van der Waals surface area (Å²) in [6.45, 7) is 3.14. The summed E-state index contributed by atoms with van der Waals surface area (Å²) >= 11 is 0. The van der Waals surface area contributed by atoms with Crippen LogP contribution >= 0.6 is 0 Å². The molecular formula is C16H13N3O3S. The molecule has 0 bridgehead atoms. The highest BCUT2D eigenvalue weighted by molar-refractivity contribution is 7.90. The molecule has 3 aromatic rings. The number of rotatable bonds is 2. The maximum atomic E-state index is 12.9. The van der Waals surface area contributed by atoms with Crippen molar-refractivity contribution in [2.75, 3.05) is 0 Å². The van der Waals surface area contributed by atoms with Crippen molar-refractivity contribution in [3.63, 3.8) is 0 Å². The smallest absolute Gasteiger partial charge is 0.268 e. The van der Waals surface area contributed by atoms with Gasteiger partial charge >= 0.3 is 0 Å². The number of hydrogen-bond acceptors (Lipinski definition) is 5. The van der Waals surface area contributed by atoms with E-state index in [0.717, 1.165) is 3.97 Å². The molecule has 1 aromatic carbocycles. The molecule has 2 heterocycles. The first-order valence-electron chi connectivity index (χ1n) is 6.80. The Bertz CT molecular complexity index is 1060. The Kier molecular flexibility index (Phi) is 3.34. The molecule has 6 nitrogen and oxygen atoms in total. The van der Waals surface area contributed by atoms with Gasteiger partial charge in [0, 0.05) is 6.07 Å². The normalized spacial score (nSPS) is 11.5. The minimum Gasteiger partial charge on any atom is -0.505 e. The van der Waals surface area contributed by atoms with Gasteiger partial charge < -0.3 is 5.11 Å². The lowest BCUT2D eigenvalue weighted by Crippen LogP contribution is -2.14. The number of pyridine rings is 1. The summed E-state index contributed by atoms with van der Waals surface area (Å²) in [5.41, 5.74) is 0.926. The highest BCUT2D eigenvalue weighted by atomic mass is 32.2. The zero-order valence-corrected chi connectivity index (χ0v) is 13.3. The molecule has 0 aliphatic rings. The minimum absolute atomic E-state index is 0.0945. The summed E-state index contributed by atoms with van der Waals surface area (Å²) in [7, 11) is -3.90. The van der Waals surface area contributed by atoms with Crippen molar-refractivity contribution in [3.8, 4) is 11.8 Å². The van der Waals surface area contributed by atoms with Gasteiger partial charge in [-0.15, -0.1) is 0 Å². The minimum atomic E-state index is -3.90. The Morgan fingerprint density at radius 1 is 1.22 bits per heavy atom. The van der Waals surface area contributed by atoms with Crippen LogP contribution in [-0.2, 0) is 10.0 Å². The zero-order chi connectivity index (χ0) is 16.8. The monoisotopic (exact) mass is 327 g/mol. The van der Waals surface area contributed by atoms with Gasteiger partial charge in [0.15, 0.2) is 0 Å². The standard InChI is InChI=1S/C16H13N3O3S/c1-10-15-14(8-12(9-17)18-10)19(11(2)16(15)20)23(21,22)13-6-4-3-5-7-13/h3-8,20H,1-2H3. The molecule has 0 saturated heterocycles. The van der Waals surface area contributed by atoms with Crippen molar-refractivity contribution < 1.29 is 13.5 Å². The summed E-state index contributed by atoms with van der Waals surface area (Å²) in [4.78, 5) is 4.17. The van der Waals surface area contributed by atoms with E-state index >= 15 is 0 Å². The van der Waals surface area contributed by atoms with Crippen molar-refractivity contribution in [1.82, 2.24) is 8.96 Å². The van der Waals surface area contributed by atoms with Crippen molar-refractivity contribution >= 4 is 20.9 Å². The number of benzene rings is 1. The maximum Gasteiger partial charge on any atom is 0.268 e. The fraction of sp³-hybridized carbons (Fsp3) is 0.125. The Labute approximate surface area is 133 Å². The van der Waals surface area contributed by atoms with Gasteiger partial charge in [0.1, 0.15) is 17.5 Å². The van der Waals surface area contributed by atoms with E-state index in [1.807, 2.05) is 6.07 Å². The van der Waals surface area contributed by atoms with Gasteiger partial charge in [-0.3, -0.25) is 0 Å². The second kappa shape index (κ2) is 5.11. The SMILES string of the molecule is Cc1nc(C#N)cc2c1c(O)c(C)n2S(=O)(=O)c1ccccc1. The molecule has 0 unspecified atom stereocenters. The number of fused-ring (bicyclic) bond motifs is 1. The van der Waals surface area contributed by atoms with Crippen LogP contribution in [0.2, 0.25) is 0 Å². The molecule has 0 saturated carbocycles. The zero-order valence-electron chi connectivity index (χ0n) is 12.5. The molecule has 0 fully saturated rings. The maximum absolute atomic E-state index is 12.9. The van der Waals surface area contributed by atoms with Crippen LogP contribution in [0.4, 0.5) is 0 Å². The summed E-state index contributed by atoms with van der Waals surface area (Å²) in [6.07, 6.45) is 0. The van der Waals surface area contributed by atoms with Gasteiger partial charge in [0.05, 0.1) is 27.2 Å². The Hall–Kier alpha value is -2.85. The van der Waals surface area contributed by atoms with Gasteiger partial charge in [-0.25, -0.2) is 17.4 Å².